The lowest BCUT2D eigenvalue weighted by Gasteiger charge is -2.06. The number of carbonyl (C=O) groups is 1. The van der Waals surface area contributed by atoms with E-state index in [4.69, 9.17) is 4.42 Å². The van der Waals surface area contributed by atoms with E-state index in [1.807, 2.05) is 18.2 Å². The summed E-state index contributed by atoms with van der Waals surface area (Å²) in [6.07, 6.45) is 1.53. The van der Waals surface area contributed by atoms with E-state index in [0.717, 1.165) is 16.7 Å². The Hall–Kier alpha value is -3.08. The van der Waals surface area contributed by atoms with Crippen molar-refractivity contribution < 1.29 is 19.4 Å². The molecule has 0 aliphatic heterocycles. The highest BCUT2D eigenvalue weighted by Crippen LogP contribution is 2.28. The lowest BCUT2D eigenvalue weighted by Crippen LogP contribution is -1.97. The molecule has 5 heteroatoms. The fourth-order valence-corrected chi connectivity index (χ4v) is 2.63. The van der Waals surface area contributed by atoms with Gasteiger partial charge in [0, 0.05) is 5.57 Å². The summed E-state index contributed by atoms with van der Waals surface area (Å²) < 4.78 is 5.70. The molecule has 0 unspecified atom stereocenters. The highest BCUT2D eigenvalue weighted by atomic mass is 16.4. The van der Waals surface area contributed by atoms with Crippen LogP contribution in [0.4, 0.5) is 0 Å². The van der Waals surface area contributed by atoms with Crippen molar-refractivity contribution >= 4 is 28.7 Å². The minimum Gasteiger partial charge on any atom is -0.507 e. The average Bonchev–Trinajstić information content (AvgIpc) is 2.95. The van der Waals surface area contributed by atoms with Gasteiger partial charge < -0.3 is 14.6 Å². The zero-order chi connectivity index (χ0) is 17.3. The van der Waals surface area contributed by atoms with Crippen LogP contribution in [0.2, 0.25) is 0 Å². The van der Waals surface area contributed by atoms with Crippen molar-refractivity contribution in [3.63, 3.8) is 0 Å². The van der Waals surface area contributed by atoms with Gasteiger partial charge in [-0.05, 0) is 60.9 Å². The van der Waals surface area contributed by atoms with Crippen LogP contribution < -0.4 is 0 Å². The van der Waals surface area contributed by atoms with Crippen molar-refractivity contribution in [1.82, 2.24) is 4.98 Å². The summed E-state index contributed by atoms with van der Waals surface area (Å²) in [4.78, 5) is 15.6. The molecule has 0 saturated heterocycles. The molecule has 5 nitrogen and oxygen atoms in total. The maximum absolute atomic E-state index is 11.2. The molecule has 3 aromatic rings. The van der Waals surface area contributed by atoms with E-state index in [1.54, 1.807) is 38.1 Å². The van der Waals surface area contributed by atoms with E-state index in [0.29, 0.717) is 22.6 Å². The maximum atomic E-state index is 11.2. The Kier molecular flexibility index (Phi) is 4.08. The molecule has 0 bridgehead atoms. The number of oxazole rings is 1. The molecular weight excluding hydrogens is 306 g/mol. The van der Waals surface area contributed by atoms with Gasteiger partial charge in [-0.15, -0.1) is 0 Å². The highest BCUT2D eigenvalue weighted by molar-refractivity contribution is 5.91. The van der Waals surface area contributed by atoms with Crippen LogP contribution in [0.25, 0.3) is 22.7 Å². The lowest BCUT2D eigenvalue weighted by atomic mass is 10.0. The summed E-state index contributed by atoms with van der Waals surface area (Å²) in [5.74, 6) is -0.425. The van der Waals surface area contributed by atoms with Crippen molar-refractivity contribution in [1.29, 1.82) is 0 Å². The van der Waals surface area contributed by atoms with Crippen LogP contribution >= 0.6 is 0 Å². The summed E-state index contributed by atoms with van der Waals surface area (Å²) in [5.41, 5.74) is 4.02. The Morgan fingerprint density at radius 3 is 2.50 bits per heavy atom. The van der Waals surface area contributed by atoms with Crippen LogP contribution in [-0.4, -0.2) is 21.2 Å². The van der Waals surface area contributed by atoms with Crippen molar-refractivity contribution in [2.75, 3.05) is 0 Å². The van der Waals surface area contributed by atoms with E-state index < -0.39 is 5.97 Å². The van der Waals surface area contributed by atoms with E-state index in [2.05, 4.69) is 4.98 Å². The number of para-hydroxylation sites is 2. The SMILES string of the molecule is Cc1cc(/C=C(\CC(=O)O)c2nc3ccccc3o2)cc(C)c1O. The summed E-state index contributed by atoms with van der Waals surface area (Å²) in [6, 6.07) is 10.9. The molecule has 0 radical (unpaired) electrons. The molecule has 2 N–H and O–H groups in total. The number of hydrogen-bond acceptors (Lipinski definition) is 4. The third-order valence-electron chi connectivity index (χ3n) is 3.76. The molecule has 122 valence electrons. The molecule has 0 fully saturated rings. The van der Waals surface area contributed by atoms with Crippen molar-refractivity contribution in [3.8, 4) is 5.75 Å². The van der Waals surface area contributed by atoms with Crippen LogP contribution in [0.3, 0.4) is 0 Å². The first-order chi connectivity index (χ1) is 11.4. The molecule has 2 aromatic carbocycles. The van der Waals surface area contributed by atoms with Crippen molar-refractivity contribution in [2.24, 2.45) is 0 Å². The van der Waals surface area contributed by atoms with Gasteiger partial charge in [-0.1, -0.05) is 12.1 Å². The van der Waals surface area contributed by atoms with Crippen LogP contribution in [0, 0.1) is 13.8 Å². The van der Waals surface area contributed by atoms with E-state index in [-0.39, 0.29) is 12.2 Å². The fraction of sp³-hybridized carbons (Fsp3) is 0.158. The van der Waals surface area contributed by atoms with Gasteiger partial charge in [0.15, 0.2) is 5.58 Å². The van der Waals surface area contributed by atoms with E-state index in [9.17, 15) is 15.0 Å². The second kappa shape index (κ2) is 6.20. The van der Waals surface area contributed by atoms with Crippen molar-refractivity contribution in [3.05, 3.63) is 59.0 Å². The number of hydrogen-bond donors (Lipinski definition) is 2. The van der Waals surface area contributed by atoms with Gasteiger partial charge in [0.05, 0.1) is 6.42 Å². The Labute approximate surface area is 138 Å². The van der Waals surface area contributed by atoms with Gasteiger partial charge in [-0.25, -0.2) is 4.98 Å². The van der Waals surface area contributed by atoms with Gasteiger partial charge in [-0.2, -0.15) is 0 Å². The van der Waals surface area contributed by atoms with Crippen LogP contribution in [0.1, 0.15) is 29.0 Å². The number of benzene rings is 2. The standard InChI is InChI=1S/C19H17NO4/c1-11-7-13(8-12(2)18(11)23)9-14(10-17(21)22)19-20-15-5-3-4-6-16(15)24-19/h3-9,23H,10H2,1-2H3,(H,21,22)/b14-9+. The Bertz CT molecular complexity index is 897. The molecule has 0 aliphatic carbocycles. The smallest absolute Gasteiger partial charge is 0.308 e. The number of phenols is 1. The molecule has 1 heterocycles. The van der Waals surface area contributed by atoms with Crippen LogP contribution in [0.5, 0.6) is 5.75 Å². The molecule has 0 amide bonds. The molecule has 0 atom stereocenters. The minimum atomic E-state index is -0.962. The lowest BCUT2D eigenvalue weighted by molar-refractivity contribution is -0.135. The summed E-state index contributed by atoms with van der Waals surface area (Å²) in [7, 11) is 0. The fourth-order valence-electron chi connectivity index (χ4n) is 2.63. The predicted molar refractivity (Wildman–Crippen MR) is 91.7 cm³/mol. The molecule has 24 heavy (non-hydrogen) atoms. The second-order valence-corrected chi connectivity index (χ2v) is 5.73. The maximum Gasteiger partial charge on any atom is 0.308 e. The number of rotatable bonds is 4. The van der Waals surface area contributed by atoms with Gasteiger partial charge in [0.2, 0.25) is 5.89 Å². The van der Waals surface area contributed by atoms with Crippen LogP contribution in [0.15, 0.2) is 40.8 Å². The van der Waals surface area contributed by atoms with Crippen LogP contribution in [-0.2, 0) is 4.79 Å². The first-order valence-corrected chi connectivity index (χ1v) is 7.52. The number of aliphatic carboxylic acids is 1. The van der Waals surface area contributed by atoms with Gasteiger partial charge in [0.25, 0.3) is 0 Å². The number of carboxylic acid groups (broad SMARTS) is 1. The highest BCUT2D eigenvalue weighted by Gasteiger charge is 2.15. The van der Waals surface area contributed by atoms with E-state index in [1.165, 1.54) is 0 Å². The largest absolute Gasteiger partial charge is 0.507 e. The first kappa shape index (κ1) is 15.8. The van der Waals surface area contributed by atoms with Gasteiger partial charge in [0.1, 0.15) is 11.3 Å². The van der Waals surface area contributed by atoms with Crippen molar-refractivity contribution in [2.45, 2.75) is 20.3 Å². The number of aryl methyl sites for hydroxylation is 2. The molecule has 3 rings (SSSR count). The number of fused-ring (bicyclic) bond motifs is 1. The minimum absolute atomic E-state index is 0.203. The topological polar surface area (TPSA) is 83.6 Å². The number of aromatic nitrogens is 1. The first-order valence-electron chi connectivity index (χ1n) is 7.52. The molecule has 1 aromatic heterocycles. The quantitative estimate of drug-likeness (QED) is 0.753. The zero-order valence-corrected chi connectivity index (χ0v) is 13.4. The van der Waals surface area contributed by atoms with E-state index >= 15 is 0 Å². The monoisotopic (exact) mass is 323 g/mol. The van der Waals surface area contributed by atoms with Gasteiger partial charge >= 0.3 is 5.97 Å². The molecule has 0 spiro atoms. The number of carboxylic acids is 1. The average molecular weight is 323 g/mol. The van der Waals surface area contributed by atoms with Gasteiger partial charge in [-0.3, -0.25) is 4.79 Å². The Morgan fingerprint density at radius 2 is 1.88 bits per heavy atom. The Balaban J connectivity index is 2.10. The third-order valence-corrected chi connectivity index (χ3v) is 3.76. The predicted octanol–water partition coefficient (Wildman–Crippen LogP) is 4.17. The zero-order valence-electron chi connectivity index (χ0n) is 13.4. The Morgan fingerprint density at radius 1 is 1.21 bits per heavy atom. The number of nitrogens with zero attached hydrogens (tertiary/aromatic N) is 1. The third kappa shape index (κ3) is 3.15. The normalized spacial score (nSPS) is 11.8. The molecule has 0 saturated carbocycles. The number of phenolic OH excluding ortho intramolecular Hbond substituents is 1. The molecule has 0 aliphatic rings. The summed E-state index contributed by atoms with van der Waals surface area (Å²) >= 11 is 0. The summed E-state index contributed by atoms with van der Waals surface area (Å²) in [5, 5.41) is 19.1. The molecular formula is C19H17NO4. The summed E-state index contributed by atoms with van der Waals surface area (Å²) in [6.45, 7) is 3.60. The second-order valence-electron chi connectivity index (χ2n) is 5.73. The number of aromatic hydroxyl groups is 1.